The van der Waals surface area contributed by atoms with E-state index in [4.69, 9.17) is 0 Å². The van der Waals surface area contributed by atoms with Gasteiger partial charge in [-0.25, -0.2) is 4.39 Å². The monoisotopic (exact) mass is 236 g/mol. The fraction of sp³-hybridized carbons (Fsp3) is 0.300. The van der Waals surface area contributed by atoms with Crippen LogP contribution in [0, 0.1) is 5.82 Å². The summed E-state index contributed by atoms with van der Waals surface area (Å²) in [6.45, 7) is -0.333. The average Bonchev–Trinajstić information content (AvgIpc) is 2.13. The van der Waals surface area contributed by atoms with Crippen LogP contribution < -0.4 is 4.74 Å². The summed E-state index contributed by atoms with van der Waals surface area (Å²) in [4.78, 5) is 10.8. The van der Waals surface area contributed by atoms with Crippen molar-refractivity contribution in [3.8, 4) is 5.75 Å². The Bertz CT molecular complexity index is 398. The Morgan fingerprint density at radius 2 is 2.00 bits per heavy atom. The predicted molar refractivity (Wildman–Crippen MR) is 48.0 cm³/mol. The van der Waals surface area contributed by atoms with Crippen molar-refractivity contribution in [1.29, 1.82) is 0 Å². The summed E-state index contributed by atoms with van der Waals surface area (Å²) < 4.78 is 52.8. The third-order valence-electron chi connectivity index (χ3n) is 1.72. The van der Waals surface area contributed by atoms with Crippen LogP contribution in [-0.2, 0) is 0 Å². The van der Waals surface area contributed by atoms with Crippen molar-refractivity contribution in [3.63, 3.8) is 0 Å². The maximum absolute atomic E-state index is 13.1. The van der Waals surface area contributed by atoms with E-state index in [1.54, 1.807) is 0 Å². The van der Waals surface area contributed by atoms with Crippen LogP contribution in [0.25, 0.3) is 0 Å². The number of hydrogen-bond donors (Lipinski definition) is 0. The van der Waals surface area contributed by atoms with Gasteiger partial charge in [0, 0.05) is 6.07 Å². The van der Waals surface area contributed by atoms with Gasteiger partial charge in [0.2, 0.25) is 0 Å². The highest BCUT2D eigenvalue weighted by Gasteiger charge is 2.28. The van der Waals surface area contributed by atoms with Crippen LogP contribution in [0.3, 0.4) is 0 Å². The van der Waals surface area contributed by atoms with Gasteiger partial charge >= 0.3 is 6.18 Å². The number of halogens is 4. The number of ketones is 1. The Morgan fingerprint density at radius 3 is 2.44 bits per heavy atom. The van der Waals surface area contributed by atoms with Gasteiger partial charge in [0.1, 0.15) is 11.6 Å². The van der Waals surface area contributed by atoms with Crippen LogP contribution in [0.15, 0.2) is 18.2 Å². The molecule has 0 heterocycles. The maximum Gasteiger partial charge on any atom is 0.422 e. The summed E-state index contributed by atoms with van der Waals surface area (Å²) in [6.07, 6.45) is -4.48. The van der Waals surface area contributed by atoms with Crippen molar-refractivity contribution < 1.29 is 27.1 Å². The van der Waals surface area contributed by atoms with Gasteiger partial charge in [0.25, 0.3) is 0 Å². The molecule has 1 rings (SSSR count). The Hall–Kier alpha value is -1.59. The Morgan fingerprint density at radius 1 is 1.38 bits per heavy atom. The summed E-state index contributed by atoms with van der Waals surface area (Å²) in [5.74, 6) is -1.66. The number of carbonyl (C=O) groups excluding carboxylic acids is 1. The Kier molecular flexibility index (Phi) is 3.51. The van der Waals surface area contributed by atoms with E-state index in [1.165, 1.54) is 0 Å². The highest BCUT2D eigenvalue weighted by atomic mass is 19.4. The fourth-order valence-corrected chi connectivity index (χ4v) is 1.04. The lowest BCUT2D eigenvalue weighted by Gasteiger charge is -2.09. The minimum Gasteiger partial charge on any atom is -0.484 e. The molecule has 16 heavy (non-hydrogen) atoms. The fourth-order valence-electron chi connectivity index (χ4n) is 1.04. The van der Waals surface area contributed by atoms with E-state index in [9.17, 15) is 22.4 Å². The molecule has 0 aliphatic rings. The van der Waals surface area contributed by atoms with E-state index in [-0.39, 0.29) is 11.3 Å². The largest absolute Gasteiger partial charge is 0.484 e. The van der Waals surface area contributed by atoms with Crippen LogP contribution in [-0.4, -0.2) is 18.6 Å². The normalized spacial score (nSPS) is 11.3. The van der Waals surface area contributed by atoms with Crippen molar-refractivity contribution >= 4 is 5.78 Å². The molecule has 0 amide bonds. The second-order valence-electron chi connectivity index (χ2n) is 3.10. The van der Waals surface area contributed by atoms with E-state index >= 15 is 0 Å². The molecular weight excluding hydrogens is 228 g/mol. The van der Waals surface area contributed by atoms with Crippen LogP contribution in [0.5, 0.6) is 5.75 Å². The van der Waals surface area contributed by atoms with Gasteiger partial charge in [-0.3, -0.25) is 4.79 Å². The Balaban J connectivity index is 2.78. The van der Waals surface area contributed by atoms with E-state index < -0.39 is 24.4 Å². The van der Waals surface area contributed by atoms with Crippen molar-refractivity contribution in [2.45, 2.75) is 13.1 Å². The summed E-state index contributed by atoms with van der Waals surface area (Å²) >= 11 is 0. The molecular formula is C10H8F4O2. The first-order valence-corrected chi connectivity index (χ1v) is 4.29. The number of ether oxygens (including phenoxy) is 1. The lowest BCUT2D eigenvalue weighted by molar-refractivity contribution is -0.153. The first-order valence-electron chi connectivity index (χ1n) is 4.29. The third-order valence-corrected chi connectivity index (χ3v) is 1.72. The number of carbonyl (C=O) groups is 1. The highest BCUT2D eigenvalue weighted by molar-refractivity contribution is 5.94. The van der Waals surface area contributed by atoms with Crippen molar-refractivity contribution in [2.75, 3.05) is 6.61 Å². The van der Waals surface area contributed by atoms with Crippen molar-refractivity contribution in [1.82, 2.24) is 0 Å². The molecule has 0 aliphatic carbocycles. The molecule has 0 N–H and O–H groups in total. The predicted octanol–water partition coefficient (Wildman–Crippen LogP) is 2.97. The molecule has 0 unspecified atom stereocenters. The quantitative estimate of drug-likeness (QED) is 0.595. The van der Waals surface area contributed by atoms with E-state index in [2.05, 4.69) is 4.74 Å². The molecule has 0 saturated carbocycles. The number of Topliss-reactive ketones (excluding diaryl/α,β-unsaturated/α-hetero) is 1. The minimum absolute atomic E-state index is 0.181. The topological polar surface area (TPSA) is 26.3 Å². The molecule has 0 bridgehead atoms. The van der Waals surface area contributed by atoms with Gasteiger partial charge in [-0.15, -0.1) is 0 Å². The zero-order valence-corrected chi connectivity index (χ0v) is 8.27. The SMILES string of the molecule is CC(=O)c1ccc(OCC(F)(F)F)cc1F. The number of rotatable bonds is 3. The summed E-state index contributed by atoms with van der Waals surface area (Å²) in [5.41, 5.74) is -0.181. The summed E-state index contributed by atoms with van der Waals surface area (Å²) in [5, 5.41) is 0. The lowest BCUT2D eigenvalue weighted by atomic mass is 10.1. The van der Waals surface area contributed by atoms with Crippen molar-refractivity contribution in [2.24, 2.45) is 0 Å². The summed E-state index contributed by atoms with van der Waals surface area (Å²) in [7, 11) is 0. The Labute approximate surface area is 88.8 Å². The molecule has 6 heteroatoms. The first kappa shape index (κ1) is 12.5. The van der Waals surface area contributed by atoms with Crippen LogP contribution >= 0.6 is 0 Å². The molecule has 0 saturated heterocycles. The number of hydrogen-bond acceptors (Lipinski definition) is 2. The van der Waals surface area contributed by atoms with E-state index in [0.717, 1.165) is 25.1 Å². The minimum atomic E-state index is -4.48. The van der Waals surface area contributed by atoms with Crippen LogP contribution in [0.1, 0.15) is 17.3 Å². The van der Waals surface area contributed by atoms with Gasteiger partial charge in [-0.1, -0.05) is 0 Å². The third kappa shape index (κ3) is 3.52. The molecule has 0 radical (unpaired) electrons. The molecule has 0 fully saturated rings. The van der Waals surface area contributed by atoms with E-state index in [1.807, 2.05) is 0 Å². The molecule has 0 aromatic heterocycles. The summed E-state index contributed by atoms with van der Waals surface area (Å²) in [6, 6.07) is 2.96. The molecule has 0 spiro atoms. The number of alkyl halides is 3. The molecule has 0 aliphatic heterocycles. The molecule has 1 aromatic rings. The molecule has 0 atom stereocenters. The van der Waals surface area contributed by atoms with Crippen LogP contribution in [0.2, 0.25) is 0 Å². The maximum atomic E-state index is 13.1. The van der Waals surface area contributed by atoms with Gasteiger partial charge in [-0.2, -0.15) is 13.2 Å². The second-order valence-corrected chi connectivity index (χ2v) is 3.10. The van der Waals surface area contributed by atoms with Gasteiger partial charge in [0.15, 0.2) is 12.4 Å². The zero-order chi connectivity index (χ0) is 12.3. The smallest absolute Gasteiger partial charge is 0.422 e. The number of benzene rings is 1. The molecule has 1 aromatic carbocycles. The standard InChI is InChI=1S/C10H8F4O2/c1-6(15)8-3-2-7(4-9(8)11)16-5-10(12,13)14/h2-4H,5H2,1H3. The van der Waals surface area contributed by atoms with Gasteiger partial charge < -0.3 is 4.74 Å². The van der Waals surface area contributed by atoms with Crippen molar-refractivity contribution in [3.05, 3.63) is 29.6 Å². The molecule has 2 nitrogen and oxygen atoms in total. The van der Waals surface area contributed by atoms with Gasteiger partial charge in [-0.05, 0) is 19.1 Å². The zero-order valence-electron chi connectivity index (χ0n) is 8.27. The average molecular weight is 236 g/mol. The highest BCUT2D eigenvalue weighted by Crippen LogP contribution is 2.20. The van der Waals surface area contributed by atoms with Gasteiger partial charge in [0.05, 0.1) is 5.56 Å². The molecule has 88 valence electrons. The van der Waals surface area contributed by atoms with E-state index in [0.29, 0.717) is 0 Å². The first-order chi connectivity index (χ1) is 7.29. The lowest BCUT2D eigenvalue weighted by Crippen LogP contribution is -2.19. The second kappa shape index (κ2) is 4.51. The van der Waals surface area contributed by atoms with Crippen LogP contribution in [0.4, 0.5) is 17.6 Å².